The van der Waals surface area contributed by atoms with Gasteiger partial charge in [-0.1, -0.05) is 11.6 Å². The molecule has 0 aliphatic carbocycles. The summed E-state index contributed by atoms with van der Waals surface area (Å²) in [6.07, 6.45) is 0. The number of carboxylic acids is 1. The van der Waals surface area contributed by atoms with Crippen LogP contribution in [0.2, 0.25) is 5.02 Å². The fourth-order valence-electron chi connectivity index (χ4n) is 1.13. The minimum atomic E-state index is -0.935. The first-order valence-corrected chi connectivity index (χ1v) is 6.17. The summed E-state index contributed by atoms with van der Waals surface area (Å²) >= 11 is 7.30. The van der Waals surface area contributed by atoms with Crippen molar-refractivity contribution < 1.29 is 9.90 Å². The van der Waals surface area contributed by atoms with Gasteiger partial charge in [-0.25, -0.2) is 4.79 Å². The number of hydrogen-bond acceptors (Lipinski definition) is 3. The minimum absolute atomic E-state index is 0.274. The van der Waals surface area contributed by atoms with Crippen LogP contribution in [0.25, 0.3) is 0 Å². The first-order chi connectivity index (χ1) is 7.50. The molecule has 0 bridgehead atoms. The van der Waals surface area contributed by atoms with Crippen molar-refractivity contribution in [2.24, 2.45) is 0 Å². The summed E-state index contributed by atoms with van der Waals surface area (Å²) in [5, 5.41) is 9.47. The van der Waals surface area contributed by atoms with E-state index < -0.39 is 5.97 Å². The molecule has 88 valence electrons. The summed E-state index contributed by atoms with van der Waals surface area (Å²) in [6, 6.07) is 4.96. The molecule has 0 aliphatic heterocycles. The van der Waals surface area contributed by atoms with E-state index in [0.717, 1.165) is 17.2 Å². The highest BCUT2D eigenvalue weighted by Gasteiger charge is 2.10. The Bertz CT molecular complexity index is 382. The highest BCUT2D eigenvalue weighted by atomic mass is 35.5. The number of aromatic carboxylic acids is 1. The third-order valence-corrected chi connectivity index (χ3v) is 3.26. The lowest BCUT2D eigenvalue weighted by Gasteiger charge is -2.10. The van der Waals surface area contributed by atoms with Gasteiger partial charge >= 0.3 is 5.97 Å². The number of halogens is 1. The van der Waals surface area contributed by atoms with Gasteiger partial charge in [0.1, 0.15) is 0 Å². The molecule has 0 atom stereocenters. The Morgan fingerprint density at radius 1 is 1.50 bits per heavy atom. The molecule has 0 radical (unpaired) electrons. The van der Waals surface area contributed by atoms with Crippen LogP contribution < -0.4 is 0 Å². The van der Waals surface area contributed by atoms with Gasteiger partial charge in [-0.3, -0.25) is 0 Å². The van der Waals surface area contributed by atoms with Crippen LogP contribution in [-0.2, 0) is 0 Å². The van der Waals surface area contributed by atoms with Crippen molar-refractivity contribution in [2.45, 2.75) is 4.90 Å². The Labute approximate surface area is 104 Å². The van der Waals surface area contributed by atoms with Crippen molar-refractivity contribution in [2.75, 3.05) is 26.4 Å². The van der Waals surface area contributed by atoms with E-state index in [1.165, 1.54) is 17.8 Å². The SMILES string of the molecule is CN(C)CCSc1ccc(Cl)cc1C(=O)O. The number of benzene rings is 1. The molecule has 0 saturated heterocycles. The number of carbonyl (C=O) groups is 1. The average molecular weight is 260 g/mol. The van der Waals surface area contributed by atoms with Gasteiger partial charge in [-0.15, -0.1) is 11.8 Å². The molecule has 0 spiro atoms. The minimum Gasteiger partial charge on any atom is -0.478 e. The number of carboxylic acid groups (broad SMARTS) is 1. The van der Waals surface area contributed by atoms with Gasteiger partial charge < -0.3 is 10.0 Å². The van der Waals surface area contributed by atoms with Crippen LogP contribution in [0.5, 0.6) is 0 Å². The van der Waals surface area contributed by atoms with Crippen LogP contribution >= 0.6 is 23.4 Å². The maximum absolute atomic E-state index is 11.0. The number of nitrogens with zero attached hydrogens (tertiary/aromatic N) is 1. The topological polar surface area (TPSA) is 40.5 Å². The monoisotopic (exact) mass is 259 g/mol. The molecule has 0 unspecified atom stereocenters. The normalized spacial score (nSPS) is 10.8. The second-order valence-corrected chi connectivity index (χ2v) is 5.17. The molecule has 1 rings (SSSR count). The highest BCUT2D eigenvalue weighted by molar-refractivity contribution is 7.99. The van der Waals surface area contributed by atoms with E-state index in [-0.39, 0.29) is 5.56 Å². The largest absolute Gasteiger partial charge is 0.478 e. The fraction of sp³-hybridized carbons (Fsp3) is 0.364. The standard InChI is InChI=1S/C11H14ClNO2S/c1-13(2)5-6-16-10-4-3-8(12)7-9(10)11(14)15/h3-4,7H,5-6H2,1-2H3,(H,14,15). The van der Waals surface area contributed by atoms with Crippen molar-refractivity contribution in [3.8, 4) is 0 Å². The molecule has 1 aromatic carbocycles. The van der Waals surface area contributed by atoms with Crippen LogP contribution in [0, 0.1) is 0 Å². The quantitative estimate of drug-likeness (QED) is 0.826. The van der Waals surface area contributed by atoms with Crippen LogP contribution in [0.15, 0.2) is 23.1 Å². The van der Waals surface area contributed by atoms with Gasteiger partial charge in [0.2, 0.25) is 0 Å². The first-order valence-electron chi connectivity index (χ1n) is 4.81. The summed E-state index contributed by atoms with van der Waals surface area (Å²) in [4.78, 5) is 13.8. The van der Waals surface area contributed by atoms with E-state index in [2.05, 4.69) is 4.90 Å². The Morgan fingerprint density at radius 2 is 2.19 bits per heavy atom. The molecule has 3 nitrogen and oxygen atoms in total. The summed E-state index contributed by atoms with van der Waals surface area (Å²) < 4.78 is 0. The molecule has 1 aromatic rings. The lowest BCUT2D eigenvalue weighted by Crippen LogP contribution is -2.15. The van der Waals surface area contributed by atoms with E-state index in [1.807, 2.05) is 14.1 Å². The smallest absolute Gasteiger partial charge is 0.336 e. The van der Waals surface area contributed by atoms with Crippen molar-refractivity contribution in [1.82, 2.24) is 4.90 Å². The molecule has 0 heterocycles. The van der Waals surface area contributed by atoms with Gasteiger partial charge in [-0.2, -0.15) is 0 Å². The van der Waals surface area contributed by atoms with E-state index in [1.54, 1.807) is 12.1 Å². The lowest BCUT2D eigenvalue weighted by molar-refractivity contribution is 0.0693. The molecular weight excluding hydrogens is 246 g/mol. The molecule has 0 fully saturated rings. The van der Waals surface area contributed by atoms with Crippen LogP contribution in [0.1, 0.15) is 10.4 Å². The Hall–Kier alpha value is -0.710. The molecule has 5 heteroatoms. The van der Waals surface area contributed by atoms with Gasteiger partial charge in [0.25, 0.3) is 0 Å². The number of thioether (sulfide) groups is 1. The van der Waals surface area contributed by atoms with E-state index in [4.69, 9.17) is 16.7 Å². The lowest BCUT2D eigenvalue weighted by atomic mass is 10.2. The molecular formula is C11H14ClNO2S. The number of hydrogen-bond donors (Lipinski definition) is 1. The third-order valence-electron chi connectivity index (χ3n) is 1.97. The average Bonchev–Trinajstić information content (AvgIpc) is 2.19. The summed E-state index contributed by atoms with van der Waals surface area (Å²) in [7, 11) is 3.97. The zero-order valence-electron chi connectivity index (χ0n) is 9.24. The molecule has 0 aliphatic rings. The summed E-state index contributed by atoms with van der Waals surface area (Å²) in [5.41, 5.74) is 0.274. The second kappa shape index (κ2) is 6.13. The van der Waals surface area contributed by atoms with E-state index >= 15 is 0 Å². The molecule has 0 amide bonds. The Kier molecular flexibility index (Phi) is 5.12. The van der Waals surface area contributed by atoms with Gasteiger partial charge in [-0.05, 0) is 32.3 Å². The van der Waals surface area contributed by atoms with Crippen LogP contribution in [0.3, 0.4) is 0 Å². The summed E-state index contributed by atoms with van der Waals surface area (Å²) in [6.45, 7) is 0.909. The zero-order chi connectivity index (χ0) is 12.1. The summed E-state index contributed by atoms with van der Waals surface area (Å²) in [5.74, 6) is -0.0793. The molecule has 16 heavy (non-hydrogen) atoms. The second-order valence-electron chi connectivity index (χ2n) is 3.60. The van der Waals surface area contributed by atoms with Gasteiger partial charge in [0.15, 0.2) is 0 Å². The predicted octanol–water partition coefficient (Wildman–Crippen LogP) is 2.69. The first kappa shape index (κ1) is 13.4. The Balaban J connectivity index is 2.75. The predicted molar refractivity (Wildman–Crippen MR) is 67.7 cm³/mol. The van der Waals surface area contributed by atoms with Gasteiger partial charge in [0, 0.05) is 22.2 Å². The maximum Gasteiger partial charge on any atom is 0.336 e. The third kappa shape index (κ3) is 4.04. The van der Waals surface area contributed by atoms with Crippen molar-refractivity contribution in [1.29, 1.82) is 0 Å². The molecule has 0 saturated carbocycles. The highest BCUT2D eigenvalue weighted by Crippen LogP contribution is 2.25. The van der Waals surface area contributed by atoms with Crippen molar-refractivity contribution in [3.63, 3.8) is 0 Å². The zero-order valence-corrected chi connectivity index (χ0v) is 10.8. The van der Waals surface area contributed by atoms with Crippen molar-refractivity contribution in [3.05, 3.63) is 28.8 Å². The molecule has 1 N–H and O–H groups in total. The maximum atomic E-state index is 11.0. The van der Waals surface area contributed by atoms with E-state index in [0.29, 0.717) is 5.02 Å². The molecule has 0 aromatic heterocycles. The van der Waals surface area contributed by atoms with Gasteiger partial charge in [0.05, 0.1) is 5.56 Å². The van der Waals surface area contributed by atoms with Crippen LogP contribution in [0.4, 0.5) is 0 Å². The van der Waals surface area contributed by atoms with E-state index in [9.17, 15) is 4.79 Å². The van der Waals surface area contributed by atoms with Crippen molar-refractivity contribution >= 4 is 29.3 Å². The fourth-order valence-corrected chi connectivity index (χ4v) is 2.45. The Morgan fingerprint density at radius 3 is 2.75 bits per heavy atom. The number of rotatable bonds is 5. The van der Waals surface area contributed by atoms with Crippen LogP contribution in [-0.4, -0.2) is 42.4 Å².